The van der Waals surface area contributed by atoms with E-state index in [9.17, 15) is 18.0 Å². The van der Waals surface area contributed by atoms with E-state index in [1.165, 1.54) is 0 Å². The van der Waals surface area contributed by atoms with Gasteiger partial charge in [-0.25, -0.2) is 13.2 Å². The minimum absolute atomic E-state index is 0.222. The Morgan fingerprint density at radius 2 is 1.79 bits per heavy atom. The molecule has 0 heterocycles. The van der Waals surface area contributed by atoms with Crippen LogP contribution in [-0.4, -0.2) is 19.0 Å². The molecule has 19 heavy (non-hydrogen) atoms. The Hall–Kier alpha value is -1.56. The van der Waals surface area contributed by atoms with Crippen molar-refractivity contribution in [1.82, 2.24) is 5.32 Å². The molecule has 0 fully saturated rings. The van der Waals surface area contributed by atoms with Gasteiger partial charge < -0.3 is 11.1 Å². The average molecular weight is 274 g/mol. The maximum atomic E-state index is 13.4. The summed E-state index contributed by atoms with van der Waals surface area (Å²) in [5.74, 6) is -4.40. The first kappa shape index (κ1) is 15.5. The van der Waals surface area contributed by atoms with E-state index in [-0.39, 0.29) is 12.0 Å². The number of benzene rings is 1. The van der Waals surface area contributed by atoms with Crippen LogP contribution in [0.2, 0.25) is 0 Å². The Bertz CT molecular complexity index is 452. The van der Waals surface area contributed by atoms with Crippen LogP contribution in [0.25, 0.3) is 0 Å². The first-order valence-electron chi connectivity index (χ1n) is 5.89. The van der Waals surface area contributed by atoms with E-state index in [0.717, 1.165) is 0 Å². The Kier molecular flexibility index (Phi) is 4.94. The molecule has 0 saturated carbocycles. The number of nitrogens with two attached hydrogens (primary N) is 1. The Morgan fingerprint density at radius 1 is 1.26 bits per heavy atom. The summed E-state index contributed by atoms with van der Waals surface area (Å²) in [6.07, 6.45) is 0.654. The third-order valence-electron chi connectivity index (χ3n) is 2.78. The van der Waals surface area contributed by atoms with Crippen molar-refractivity contribution in [2.24, 2.45) is 11.1 Å². The first-order chi connectivity index (χ1) is 8.76. The van der Waals surface area contributed by atoms with E-state index >= 15 is 0 Å². The van der Waals surface area contributed by atoms with E-state index in [2.05, 4.69) is 5.32 Å². The van der Waals surface area contributed by atoms with Crippen LogP contribution in [0.3, 0.4) is 0 Å². The molecule has 0 saturated heterocycles. The normalized spacial score (nSPS) is 11.5. The SMILES string of the molecule is CC(C)(CCN)CNC(=O)c1c(F)cc(F)cc1F. The van der Waals surface area contributed by atoms with E-state index in [1.807, 2.05) is 13.8 Å². The van der Waals surface area contributed by atoms with Crippen LogP contribution < -0.4 is 11.1 Å². The molecule has 1 aromatic rings. The molecule has 3 nitrogen and oxygen atoms in total. The maximum absolute atomic E-state index is 13.4. The zero-order valence-electron chi connectivity index (χ0n) is 10.9. The predicted molar refractivity (Wildman–Crippen MR) is 66.1 cm³/mol. The second-order valence-corrected chi connectivity index (χ2v) is 5.13. The molecule has 3 N–H and O–H groups in total. The van der Waals surface area contributed by atoms with Crippen molar-refractivity contribution in [1.29, 1.82) is 0 Å². The van der Waals surface area contributed by atoms with E-state index < -0.39 is 28.9 Å². The second kappa shape index (κ2) is 6.06. The van der Waals surface area contributed by atoms with Gasteiger partial charge in [0, 0.05) is 18.7 Å². The quantitative estimate of drug-likeness (QED) is 0.865. The molecular weight excluding hydrogens is 257 g/mol. The van der Waals surface area contributed by atoms with Gasteiger partial charge in [0.1, 0.15) is 23.0 Å². The molecule has 106 valence electrons. The summed E-state index contributed by atoms with van der Waals surface area (Å²) in [5.41, 5.74) is 4.37. The number of hydrogen-bond donors (Lipinski definition) is 2. The number of hydrogen-bond acceptors (Lipinski definition) is 2. The molecule has 1 aromatic carbocycles. The summed E-state index contributed by atoms with van der Waals surface area (Å²) >= 11 is 0. The number of halogens is 3. The van der Waals surface area contributed by atoms with Gasteiger partial charge >= 0.3 is 0 Å². The lowest BCUT2D eigenvalue weighted by Crippen LogP contribution is -2.36. The maximum Gasteiger partial charge on any atom is 0.257 e. The standard InChI is InChI=1S/C13H17F3N2O/c1-13(2,3-4-17)7-18-12(19)11-9(15)5-8(14)6-10(11)16/h5-6H,3-4,7,17H2,1-2H3,(H,18,19). The largest absolute Gasteiger partial charge is 0.351 e. The van der Waals surface area contributed by atoms with Gasteiger partial charge in [0.2, 0.25) is 0 Å². The summed E-state index contributed by atoms with van der Waals surface area (Å²) in [7, 11) is 0. The molecule has 0 atom stereocenters. The Balaban J connectivity index is 2.80. The minimum Gasteiger partial charge on any atom is -0.351 e. The monoisotopic (exact) mass is 274 g/mol. The Labute approximate surface area is 110 Å². The van der Waals surface area contributed by atoms with Crippen molar-refractivity contribution < 1.29 is 18.0 Å². The van der Waals surface area contributed by atoms with E-state index in [0.29, 0.717) is 25.1 Å². The summed E-state index contributed by atoms with van der Waals surface area (Å²) in [4.78, 5) is 11.7. The molecule has 0 unspecified atom stereocenters. The van der Waals surface area contributed by atoms with Crippen LogP contribution in [0.1, 0.15) is 30.6 Å². The third-order valence-corrected chi connectivity index (χ3v) is 2.78. The van der Waals surface area contributed by atoms with Gasteiger partial charge in [-0.05, 0) is 18.4 Å². The second-order valence-electron chi connectivity index (χ2n) is 5.13. The summed E-state index contributed by atoms with van der Waals surface area (Å²) in [5, 5.41) is 2.43. The number of carbonyl (C=O) groups excluding carboxylic acids is 1. The smallest absolute Gasteiger partial charge is 0.257 e. The average Bonchev–Trinajstić information content (AvgIpc) is 2.25. The van der Waals surface area contributed by atoms with Crippen LogP contribution in [0.15, 0.2) is 12.1 Å². The lowest BCUT2D eigenvalue weighted by Gasteiger charge is -2.24. The number of carbonyl (C=O) groups is 1. The van der Waals surface area contributed by atoms with Gasteiger partial charge in [-0.15, -0.1) is 0 Å². The van der Waals surface area contributed by atoms with Crippen LogP contribution >= 0.6 is 0 Å². The number of amides is 1. The lowest BCUT2D eigenvalue weighted by atomic mass is 9.89. The zero-order chi connectivity index (χ0) is 14.6. The molecule has 0 aliphatic carbocycles. The Morgan fingerprint density at radius 3 is 2.26 bits per heavy atom. The highest BCUT2D eigenvalue weighted by molar-refractivity contribution is 5.94. The van der Waals surface area contributed by atoms with Crippen molar-refractivity contribution in [2.75, 3.05) is 13.1 Å². The highest BCUT2D eigenvalue weighted by Crippen LogP contribution is 2.19. The molecule has 0 spiro atoms. The fraction of sp³-hybridized carbons (Fsp3) is 0.462. The fourth-order valence-corrected chi connectivity index (χ4v) is 1.65. The number of nitrogens with one attached hydrogen (secondary N) is 1. The van der Waals surface area contributed by atoms with E-state index in [4.69, 9.17) is 5.73 Å². The molecular formula is C13H17F3N2O. The van der Waals surface area contributed by atoms with Crippen LogP contribution in [0, 0.1) is 22.9 Å². The van der Waals surface area contributed by atoms with Gasteiger partial charge in [-0.2, -0.15) is 0 Å². The molecule has 1 rings (SSSR count). The van der Waals surface area contributed by atoms with Gasteiger partial charge in [-0.1, -0.05) is 13.8 Å². The van der Waals surface area contributed by atoms with Crippen LogP contribution in [-0.2, 0) is 0 Å². The lowest BCUT2D eigenvalue weighted by molar-refractivity contribution is 0.0926. The highest BCUT2D eigenvalue weighted by atomic mass is 19.1. The molecule has 0 radical (unpaired) electrons. The third kappa shape index (κ3) is 4.24. The molecule has 1 amide bonds. The summed E-state index contributed by atoms with van der Waals surface area (Å²) in [6.45, 7) is 4.41. The molecule has 0 aliphatic heterocycles. The minimum atomic E-state index is -1.22. The molecule has 0 aromatic heterocycles. The summed E-state index contributed by atoms with van der Waals surface area (Å²) in [6, 6.07) is 0.950. The van der Waals surface area contributed by atoms with Crippen molar-refractivity contribution in [3.63, 3.8) is 0 Å². The topological polar surface area (TPSA) is 55.1 Å². The molecule has 6 heteroatoms. The van der Waals surface area contributed by atoms with Gasteiger partial charge in [0.15, 0.2) is 0 Å². The molecule has 0 aliphatic rings. The van der Waals surface area contributed by atoms with E-state index in [1.54, 1.807) is 0 Å². The summed E-state index contributed by atoms with van der Waals surface area (Å²) < 4.78 is 39.5. The van der Waals surface area contributed by atoms with Crippen molar-refractivity contribution >= 4 is 5.91 Å². The van der Waals surface area contributed by atoms with Crippen LogP contribution in [0.4, 0.5) is 13.2 Å². The van der Waals surface area contributed by atoms with Crippen molar-refractivity contribution in [2.45, 2.75) is 20.3 Å². The van der Waals surface area contributed by atoms with Gasteiger partial charge in [0.25, 0.3) is 5.91 Å². The van der Waals surface area contributed by atoms with Crippen molar-refractivity contribution in [3.05, 3.63) is 35.1 Å². The van der Waals surface area contributed by atoms with Crippen molar-refractivity contribution in [3.8, 4) is 0 Å². The van der Waals surface area contributed by atoms with Crippen LogP contribution in [0.5, 0.6) is 0 Å². The first-order valence-corrected chi connectivity index (χ1v) is 5.89. The highest BCUT2D eigenvalue weighted by Gasteiger charge is 2.22. The zero-order valence-corrected chi connectivity index (χ0v) is 10.9. The van der Waals surface area contributed by atoms with Gasteiger partial charge in [-0.3, -0.25) is 4.79 Å². The predicted octanol–water partition coefficient (Wildman–Crippen LogP) is 2.21. The fourth-order valence-electron chi connectivity index (χ4n) is 1.65. The van der Waals surface area contributed by atoms with Gasteiger partial charge in [0.05, 0.1) is 0 Å². The number of rotatable bonds is 5. The molecule has 0 bridgehead atoms.